The minimum absolute atomic E-state index is 0.0463. The number of aliphatic carboxylic acids is 1. The fraction of sp³-hybridized carbons (Fsp3) is 0.150. The largest absolute Gasteiger partial charge is 0.508 e. The molecule has 0 fully saturated rings. The van der Waals surface area contributed by atoms with Gasteiger partial charge in [0.2, 0.25) is 5.91 Å². The number of phenols is 1. The van der Waals surface area contributed by atoms with E-state index < -0.39 is 30.1 Å². The molecule has 0 radical (unpaired) electrons. The van der Waals surface area contributed by atoms with Crippen LogP contribution in [0.5, 0.6) is 5.75 Å². The number of aromatic hydroxyl groups is 1. The highest BCUT2D eigenvalue weighted by Crippen LogP contribution is 2.30. The SMILES string of the molecule is Cc1c(CC(=O)NCC(=O)O)c2cc(O)ccc2n1C(=O)c1cccc(F)c1. The number of carbonyl (C=O) groups is 3. The quantitative estimate of drug-likeness (QED) is 0.625. The van der Waals surface area contributed by atoms with Gasteiger partial charge in [0.25, 0.3) is 5.91 Å². The number of amides is 1. The Morgan fingerprint density at radius 2 is 1.89 bits per heavy atom. The van der Waals surface area contributed by atoms with Crippen molar-refractivity contribution in [1.82, 2.24) is 9.88 Å². The second-order valence-corrected chi connectivity index (χ2v) is 6.26. The number of nitrogens with zero attached hydrogens (tertiary/aromatic N) is 1. The molecule has 0 saturated carbocycles. The lowest BCUT2D eigenvalue weighted by atomic mass is 10.1. The number of rotatable bonds is 5. The minimum Gasteiger partial charge on any atom is -0.508 e. The van der Waals surface area contributed by atoms with Crippen molar-refractivity contribution in [1.29, 1.82) is 0 Å². The minimum atomic E-state index is -1.17. The highest BCUT2D eigenvalue weighted by Gasteiger charge is 2.22. The molecule has 28 heavy (non-hydrogen) atoms. The number of hydrogen-bond donors (Lipinski definition) is 3. The summed E-state index contributed by atoms with van der Waals surface area (Å²) in [6.07, 6.45) is -0.178. The molecular formula is C20H17FN2O5. The van der Waals surface area contributed by atoms with Crippen LogP contribution in [-0.4, -0.2) is 39.1 Å². The van der Waals surface area contributed by atoms with Gasteiger partial charge in [0.1, 0.15) is 18.1 Å². The number of aromatic nitrogens is 1. The second-order valence-electron chi connectivity index (χ2n) is 6.26. The third kappa shape index (κ3) is 3.71. The highest BCUT2D eigenvalue weighted by molar-refractivity contribution is 6.05. The first kappa shape index (κ1) is 19.1. The fourth-order valence-electron chi connectivity index (χ4n) is 3.10. The summed E-state index contributed by atoms with van der Waals surface area (Å²) in [6, 6.07) is 9.63. The Morgan fingerprint density at radius 1 is 1.14 bits per heavy atom. The number of benzene rings is 2. The smallest absolute Gasteiger partial charge is 0.322 e. The Morgan fingerprint density at radius 3 is 2.57 bits per heavy atom. The molecule has 0 aliphatic heterocycles. The summed E-state index contributed by atoms with van der Waals surface area (Å²) in [5, 5.41) is 21.3. The van der Waals surface area contributed by atoms with E-state index in [0.29, 0.717) is 22.2 Å². The molecule has 7 nitrogen and oxygen atoms in total. The molecule has 0 aliphatic carbocycles. The van der Waals surface area contributed by atoms with Gasteiger partial charge < -0.3 is 15.5 Å². The van der Waals surface area contributed by atoms with Gasteiger partial charge in [0, 0.05) is 16.6 Å². The number of halogens is 1. The molecule has 0 spiro atoms. The van der Waals surface area contributed by atoms with Gasteiger partial charge in [-0.15, -0.1) is 0 Å². The molecule has 3 rings (SSSR count). The highest BCUT2D eigenvalue weighted by atomic mass is 19.1. The van der Waals surface area contributed by atoms with E-state index in [1.54, 1.807) is 6.92 Å². The summed E-state index contributed by atoms with van der Waals surface area (Å²) in [5.41, 5.74) is 1.50. The predicted octanol–water partition coefficient (Wildman–Crippen LogP) is 2.23. The van der Waals surface area contributed by atoms with Gasteiger partial charge in [-0.1, -0.05) is 6.07 Å². The van der Waals surface area contributed by atoms with Gasteiger partial charge >= 0.3 is 5.97 Å². The van der Waals surface area contributed by atoms with Crippen molar-refractivity contribution < 1.29 is 29.0 Å². The maximum Gasteiger partial charge on any atom is 0.322 e. The Balaban J connectivity index is 2.09. The van der Waals surface area contributed by atoms with E-state index in [1.165, 1.54) is 41.0 Å². The van der Waals surface area contributed by atoms with Gasteiger partial charge in [-0.2, -0.15) is 0 Å². The van der Waals surface area contributed by atoms with Crippen LogP contribution in [0, 0.1) is 12.7 Å². The Hall–Kier alpha value is -3.68. The number of nitrogens with one attached hydrogen (secondary N) is 1. The summed E-state index contributed by atoms with van der Waals surface area (Å²) in [6.45, 7) is 1.11. The fourth-order valence-corrected chi connectivity index (χ4v) is 3.10. The molecule has 1 amide bonds. The maximum atomic E-state index is 13.5. The van der Waals surface area contributed by atoms with Crippen LogP contribution in [0.3, 0.4) is 0 Å². The number of carboxylic acids is 1. The van der Waals surface area contributed by atoms with E-state index in [1.807, 2.05) is 0 Å². The molecule has 0 bridgehead atoms. The third-order valence-corrected chi connectivity index (χ3v) is 4.37. The molecule has 144 valence electrons. The number of carbonyl (C=O) groups excluding carboxylic acids is 2. The standard InChI is InChI=1S/C20H17FN2O5/c1-11-15(9-18(25)22-10-19(26)27)16-8-14(24)5-6-17(16)23(11)20(28)12-3-2-4-13(21)7-12/h2-8,24H,9-10H2,1H3,(H,22,25)(H,26,27). The number of carboxylic acid groups (broad SMARTS) is 1. The number of fused-ring (bicyclic) bond motifs is 1. The number of phenolic OH excluding ortho intramolecular Hbond substituents is 1. The first-order valence-electron chi connectivity index (χ1n) is 8.39. The summed E-state index contributed by atoms with van der Waals surface area (Å²) < 4.78 is 14.9. The summed E-state index contributed by atoms with van der Waals surface area (Å²) in [5.74, 6) is -2.79. The zero-order chi connectivity index (χ0) is 20.4. The zero-order valence-electron chi connectivity index (χ0n) is 14.9. The third-order valence-electron chi connectivity index (χ3n) is 4.37. The molecule has 3 N–H and O–H groups in total. The average Bonchev–Trinajstić information content (AvgIpc) is 2.90. The summed E-state index contributed by atoms with van der Waals surface area (Å²) in [4.78, 5) is 35.7. The molecule has 3 aromatic rings. The van der Waals surface area contributed by atoms with Crippen LogP contribution >= 0.6 is 0 Å². The Kier molecular flexibility index (Phi) is 5.12. The Bertz CT molecular complexity index is 1100. The predicted molar refractivity (Wildman–Crippen MR) is 98.8 cm³/mol. The summed E-state index contributed by atoms with van der Waals surface area (Å²) >= 11 is 0. The van der Waals surface area contributed by atoms with Crippen molar-refractivity contribution in [2.24, 2.45) is 0 Å². The summed E-state index contributed by atoms with van der Waals surface area (Å²) in [7, 11) is 0. The Labute approximate surface area is 159 Å². The van der Waals surface area contributed by atoms with E-state index in [0.717, 1.165) is 6.07 Å². The van der Waals surface area contributed by atoms with Crippen LogP contribution in [0.25, 0.3) is 10.9 Å². The van der Waals surface area contributed by atoms with Crippen LogP contribution in [0.4, 0.5) is 4.39 Å². The first-order valence-corrected chi connectivity index (χ1v) is 8.39. The normalized spacial score (nSPS) is 10.8. The lowest BCUT2D eigenvalue weighted by Gasteiger charge is -2.08. The van der Waals surface area contributed by atoms with E-state index in [4.69, 9.17) is 5.11 Å². The van der Waals surface area contributed by atoms with Crippen molar-refractivity contribution in [2.75, 3.05) is 6.54 Å². The van der Waals surface area contributed by atoms with E-state index >= 15 is 0 Å². The van der Waals surface area contributed by atoms with Crippen molar-refractivity contribution >= 4 is 28.7 Å². The van der Waals surface area contributed by atoms with Crippen LogP contribution in [0.15, 0.2) is 42.5 Å². The van der Waals surface area contributed by atoms with Gasteiger partial charge in [0.15, 0.2) is 0 Å². The molecule has 2 aromatic carbocycles. The van der Waals surface area contributed by atoms with Gasteiger partial charge in [-0.3, -0.25) is 19.0 Å². The van der Waals surface area contributed by atoms with Crippen LogP contribution in [-0.2, 0) is 16.0 Å². The van der Waals surface area contributed by atoms with Gasteiger partial charge in [0.05, 0.1) is 11.9 Å². The first-order chi connectivity index (χ1) is 13.3. The molecule has 0 saturated heterocycles. The average molecular weight is 384 g/mol. The van der Waals surface area contributed by atoms with E-state index in [-0.39, 0.29) is 17.7 Å². The molecular weight excluding hydrogens is 367 g/mol. The van der Waals surface area contributed by atoms with Gasteiger partial charge in [-0.25, -0.2) is 4.39 Å². The van der Waals surface area contributed by atoms with Crippen molar-refractivity contribution in [3.8, 4) is 5.75 Å². The van der Waals surface area contributed by atoms with E-state index in [2.05, 4.69) is 5.32 Å². The van der Waals surface area contributed by atoms with Crippen LogP contribution in [0.2, 0.25) is 0 Å². The topological polar surface area (TPSA) is 109 Å². The maximum absolute atomic E-state index is 13.5. The number of hydrogen-bond acceptors (Lipinski definition) is 4. The monoisotopic (exact) mass is 384 g/mol. The zero-order valence-corrected chi connectivity index (χ0v) is 14.9. The molecule has 0 atom stereocenters. The molecule has 1 aromatic heterocycles. The van der Waals surface area contributed by atoms with Crippen molar-refractivity contribution in [2.45, 2.75) is 13.3 Å². The second kappa shape index (κ2) is 7.51. The molecule has 0 aliphatic rings. The van der Waals surface area contributed by atoms with Crippen LogP contribution in [0.1, 0.15) is 21.6 Å². The van der Waals surface area contributed by atoms with E-state index in [9.17, 15) is 23.9 Å². The van der Waals surface area contributed by atoms with Crippen LogP contribution < -0.4 is 5.32 Å². The van der Waals surface area contributed by atoms with Crippen molar-refractivity contribution in [3.63, 3.8) is 0 Å². The lowest BCUT2D eigenvalue weighted by molar-refractivity contribution is -0.137. The lowest BCUT2D eigenvalue weighted by Crippen LogP contribution is -2.30. The molecule has 0 unspecified atom stereocenters. The van der Waals surface area contributed by atoms with Gasteiger partial charge in [-0.05, 0) is 48.9 Å². The molecule has 8 heteroatoms. The molecule has 1 heterocycles. The van der Waals surface area contributed by atoms with Crippen molar-refractivity contribution in [3.05, 3.63) is 65.1 Å².